The van der Waals surface area contributed by atoms with E-state index >= 15 is 0 Å². The Balaban J connectivity index is 2.43. The van der Waals surface area contributed by atoms with E-state index in [1.807, 2.05) is 0 Å². The number of benzene rings is 1. The Kier molecular flexibility index (Phi) is 6.62. The molecule has 1 saturated heterocycles. The van der Waals surface area contributed by atoms with Gasteiger partial charge in [-0.3, -0.25) is 24.6 Å². The van der Waals surface area contributed by atoms with E-state index in [2.05, 4.69) is 0 Å². The van der Waals surface area contributed by atoms with E-state index in [9.17, 15) is 29.6 Å². The Morgan fingerprint density at radius 2 is 2.04 bits per heavy atom. The van der Waals surface area contributed by atoms with Crippen molar-refractivity contribution in [2.75, 3.05) is 13.2 Å². The van der Waals surface area contributed by atoms with Gasteiger partial charge in [-0.2, -0.15) is 0 Å². The third kappa shape index (κ3) is 4.25. The molecule has 0 aliphatic carbocycles. The number of carbonyl (C=O) groups excluding carboxylic acids is 3. The van der Waals surface area contributed by atoms with Crippen LogP contribution >= 0.6 is 11.8 Å². The molecule has 11 heteroatoms. The lowest BCUT2D eigenvalue weighted by atomic mass is 10.1. The van der Waals surface area contributed by atoms with Crippen molar-refractivity contribution in [3.8, 4) is 11.5 Å². The van der Waals surface area contributed by atoms with Gasteiger partial charge in [-0.1, -0.05) is 0 Å². The number of phenols is 1. The number of nitrogens with zero attached hydrogens (tertiary/aromatic N) is 2. The summed E-state index contributed by atoms with van der Waals surface area (Å²) in [7, 11) is 0. The fourth-order valence-corrected chi connectivity index (χ4v) is 3.32. The van der Waals surface area contributed by atoms with Crippen molar-refractivity contribution in [3.63, 3.8) is 0 Å². The van der Waals surface area contributed by atoms with Gasteiger partial charge in [-0.05, 0) is 38.6 Å². The van der Waals surface area contributed by atoms with E-state index in [0.29, 0.717) is 11.8 Å². The number of thioether (sulfide) groups is 1. The van der Waals surface area contributed by atoms with Gasteiger partial charge in [-0.15, -0.1) is 0 Å². The summed E-state index contributed by atoms with van der Waals surface area (Å²) < 4.78 is 10.0. The second-order valence-corrected chi connectivity index (χ2v) is 6.54. The summed E-state index contributed by atoms with van der Waals surface area (Å²) in [6.07, 6.45) is 1.15. The lowest BCUT2D eigenvalue weighted by Crippen LogP contribution is -2.42. The fourth-order valence-electron chi connectivity index (χ4n) is 2.42. The molecular weight excluding hydrogens is 392 g/mol. The van der Waals surface area contributed by atoms with Crippen LogP contribution < -0.4 is 4.74 Å². The molecule has 0 unspecified atom stereocenters. The van der Waals surface area contributed by atoms with Gasteiger partial charge in [0.2, 0.25) is 0 Å². The molecule has 0 saturated carbocycles. The normalized spacial score (nSPS) is 16.4. The number of hydrogen-bond donors (Lipinski definition) is 1. The molecule has 1 aliphatic heterocycles. The quantitative estimate of drug-likeness (QED) is 0.311. The molecule has 1 heterocycles. The van der Waals surface area contributed by atoms with Gasteiger partial charge in [0.05, 0.1) is 29.1 Å². The number of amides is 2. The predicted octanol–water partition coefficient (Wildman–Crippen LogP) is 2.69. The minimum atomic E-state index is -1.13. The van der Waals surface area contributed by atoms with Crippen LogP contribution in [0.2, 0.25) is 0 Å². The highest BCUT2D eigenvalue weighted by atomic mass is 32.2. The second-order valence-electron chi connectivity index (χ2n) is 5.55. The molecule has 2 amide bonds. The lowest BCUT2D eigenvalue weighted by molar-refractivity contribution is -0.385. The van der Waals surface area contributed by atoms with Crippen LogP contribution in [0.15, 0.2) is 17.0 Å². The molecule has 1 atom stereocenters. The highest BCUT2D eigenvalue weighted by Crippen LogP contribution is 2.39. The average Bonchev–Trinajstić information content (AvgIpc) is 2.91. The first-order valence-electron chi connectivity index (χ1n) is 8.29. The number of nitro groups is 1. The molecule has 2 rings (SSSR count). The van der Waals surface area contributed by atoms with Crippen LogP contribution in [-0.4, -0.2) is 51.3 Å². The largest absolute Gasteiger partial charge is 0.504 e. The molecule has 1 aromatic rings. The summed E-state index contributed by atoms with van der Waals surface area (Å²) in [6.45, 7) is 4.84. The fraction of sp³-hybridized carbons (Fsp3) is 0.353. The number of hydrogen-bond acceptors (Lipinski definition) is 9. The van der Waals surface area contributed by atoms with Gasteiger partial charge < -0.3 is 14.6 Å². The van der Waals surface area contributed by atoms with Crippen LogP contribution in [0.25, 0.3) is 6.08 Å². The molecule has 0 radical (unpaired) electrons. The minimum absolute atomic E-state index is 0.0630. The second kappa shape index (κ2) is 8.74. The van der Waals surface area contributed by atoms with E-state index < -0.39 is 33.8 Å². The van der Waals surface area contributed by atoms with E-state index in [1.165, 1.54) is 6.92 Å². The number of phenolic OH excluding ortho intramolecular Hbond substituents is 1. The van der Waals surface area contributed by atoms with Crippen LogP contribution in [-0.2, 0) is 14.3 Å². The Hall–Kier alpha value is -3.08. The number of aromatic hydroxyl groups is 1. The highest BCUT2D eigenvalue weighted by molar-refractivity contribution is 8.18. The Labute approximate surface area is 164 Å². The summed E-state index contributed by atoms with van der Waals surface area (Å²) in [5.74, 6) is -2.03. The van der Waals surface area contributed by atoms with Gasteiger partial charge in [0.15, 0.2) is 11.5 Å². The van der Waals surface area contributed by atoms with Crippen LogP contribution in [0.3, 0.4) is 0 Å². The maximum atomic E-state index is 12.6. The van der Waals surface area contributed by atoms with E-state index in [0.717, 1.165) is 23.1 Å². The Bertz CT molecular complexity index is 867. The van der Waals surface area contributed by atoms with Gasteiger partial charge in [0, 0.05) is 11.6 Å². The van der Waals surface area contributed by atoms with Crippen LogP contribution in [0, 0.1) is 10.1 Å². The van der Waals surface area contributed by atoms with Crippen LogP contribution in [0.1, 0.15) is 26.3 Å². The van der Waals surface area contributed by atoms with Gasteiger partial charge >= 0.3 is 5.97 Å². The number of rotatable bonds is 7. The maximum Gasteiger partial charge on any atom is 0.329 e. The number of nitro benzene ring substituents is 1. The molecule has 0 spiro atoms. The molecule has 1 aliphatic rings. The summed E-state index contributed by atoms with van der Waals surface area (Å²) in [6, 6.07) is 0.988. The van der Waals surface area contributed by atoms with E-state index in [1.54, 1.807) is 13.8 Å². The van der Waals surface area contributed by atoms with Gasteiger partial charge in [0.25, 0.3) is 16.8 Å². The molecule has 0 aromatic heterocycles. The Morgan fingerprint density at radius 1 is 1.36 bits per heavy atom. The zero-order valence-corrected chi connectivity index (χ0v) is 16.1. The van der Waals surface area contributed by atoms with Crippen molar-refractivity contribution in [1.82, 2.24) is 4.90 Å². The third-order valence-corrected chi connectivity index (χ3v) is 4.61. The molecule has 0 bridgehead atoms. The summed E-state index contributed by atoms with van der Waals surface area (Å²) in [5, 5.41) is 20.7. The molecule has 28 heavy (non-hydrogen) atoms. The lowest BCUT2D eigenvalue weighted by Gasteiger charge is -2.19. The zero-order chi connectivity index (χ0) is 21.0. The van der Waals surface area contributed by atoms with Crippen molar-refractivity contribution >= 4 is 40.6 Å². The topological polar surface area (TPSA) is 136 Å². The maximum absolute atomic E-state index is 12.6. The number of carbonyl (C=O) groups is 3. The number of esters is 1. The number of imide groups is 1. The smallest absolute Gasteiger partial charge is 0.329 e. The van der Waals surface area contributed by atoms with Crippen molar-refractivity contribution in [2.45, 2.75) is 26.8 Å². The predicted molar refractivity (Wildman–Crippen MR) is 99.8 cm³/mol. The first-order chi connectivity index (χ1) is 13.2. The molecular formula is C17H18N2O8S. The number of ether oxygens (including phenoxy) is 2. The minimum Gasteiger partial charge on any atom is -0.504 e. The van der Waals surface area contributed by atoms with Crippen LogP contribution in [0.5, 0.6) is 11.5 Å². The first-order valence-corrected chi connectivity index (χ1v) is 9.10. The van der Waals surface area contributed by atoms with Gasteiger partial charge in [-0.25, -0.2) is 4.79 Å². The summed E-state index contributed by atoms with van der Waals surface area (Å²) in [4.78, 5) is 47.7. The third-order valence-electron chi connectivity index (χ3n) is 3.73. The van der Waals surface area contributed by atoms with Crippen molar-refractivity contribution in [1.29, 1.82) is 0 Å². The molecule has 1 fully saturated rings. The van der Waals surface area contributed by atoms with Gasteiger partial charge in [0.1, 0.15) is 6.04 Å². The molecule has 150 valence electrons. The highest BCUT2D eigenvalue weighted by Gasteiger charge is 2.41. The van der Waals surface area contributed by atoms with Crippen molar-refractivity contribution < 1.29 is 33.9 Å². The monoisotopic (exact) mass is 410 g/mol. The van der Waals surface area contributed by atoms with Crippen molar-refractivity contribution in [2.24, 2.45) is 0 Å². The zero-order valence-electron chi connectivity index (χ0n) is 15.3. The van der Waals surface area contributed by atoms with Crippen LogP contribution in [0.4, 0.5) is 10.5 Å². The summed E-state index contributed by atoms with van der Waals surface area (Å²) in [5.41, 5.74) is -0.418. The molecule has 1 aromatic carbocycles. The molecule has 1 N–H and O–H groups in total. The standard InChI is InChI=1S/C17H18N2O8S/c1-4-26-12-8-11(19(24)25)6-10(14(12)20)7-13-15(21)18(17(23)28-13)9(3)16(22)27-5-2/h6-9,20H,4-5H2,1-3H3/b13-7+/t9-/m1/s1. The SMILES string of the molecule is CCOC(=O)[C@@H](C)N1C(=O)S/C(=C/c2cc([N+](=O)[O-])cc(OCC)c2O)C1=O. The van der Waals surface area contributed by atoms with E-state index in [4.69, 9.17) is 9.47 Å². The Morgan fingerprint density at radius 3 is 2.61 bits per heavy atom. The van der Waals surface area contributed by atoms with Crippen molar-refractivity contribution in [3.05, 3.63) is 32.7 Å². The summed E-state index contributed by atoms with van der Waals surface area (Å²) >= 11 is 0.552. The van der Waals surface area contributed by atoms with E-state index in [-0.39, 0.29) is 35.1 Å². The first kappa shape index (κ1) is 21.2. The molecule has 10 nitrogen and oxygen atoms in total. The number of non-ortho nitro benzene ring substituents is 1. The average molecular weight is 410 g/mol.